The fourth-order valence-corrected chi connectivity index (χ4v) is 2.43. The molecule has 0 aromatic heterocycles. The molecule has 0 spiro atoms. The zero-order chi connectivity index (χ0) is 12.8. The Labute approximate surface area is 104 Å². The number of rotatable bonds is 1. The third-order valence-corrected chi connectivity index (χ3v) is 3.57. The van der Waals surface area contributed by atoms with Crippen LogP contribution >= 0.6 is 11.6 Å². The first kappa shape index (κ1) is 11.9. The van der Waals surface area contributed by atoms with E-state index in [9.17, 15) is 14.7 Å². The first-order chi connectivity index (χ1) is 7.88. The smallest absolute Gasteiger partial charge is 0.314 e. The van der Waals surface area contributed by atoms with E-state index in [2.05, 4.69) is 0 Å². The molecule has 0 aliphatic carbocycles. The molecule has 1 atom stereocenters. The molecule has 0 saturated heterocycles. The Morgan fingerprint density at radius 3 is 2.76 bits per heavy atom. The van der Waals surface area contributed by atoms with Crippen molar-refractivity contribution in [2.75, 3.05) is 11.9 Å². The van der Waals surface area contributed by atoms with Crippen LogP contribution in [0.3, 0.4) is 0 Å². The summed E-state index contributed by atoms with van der Waals surface area (Å²) in [7, 11) is 1.61. The Morgan fingerprint density at radius 1 is 1.53 bits per heavy atom. The maximum absolute atomic E-state index is 11.8. The maximum Gasteiger partial charge on any atom is 0.314 e. The lowest BCUT2D eigenvalue weighted by Crippen LogP contribution is -2.45. The summed E-state index contributed by atoms with van der Waals surface area (Å²) in [6.45, 7) is 1.55. The zero-order valence-electron chi connectivity index (χ0n) is 9.53. The molecule has 4 nitrogen and oxygen atoms in total. The van der Waals surface area contributed by atoms with Gasteiger partial charge in [0.25, 0.3) is 0 Å². The molecule has 5 heteroatoms. The molecule has 1 aromatic carbocycles. The average molecular weight is 254 g/mol. The van der Waals surface area contributed by atoms with Gasteiger partial charge in [0.1, 0.15) is 5.41 Å². The van der Waals surface area contributed by atoms with Crippen molar-refractivity contribution in [2.24, 2.45) is 0 Å². The largest absolute Gasteiger partial charge is 0.481 e. The number of anilines is 1. The number of hydrogen-bond acceptors (Lipinski definition) is 2. The number of benzene rings is 1. The number of carboxylic acids is 1. The predicted molar refractivity (Wildman–Crippen MR) is 64.5 cm³/mol. The summed E-state index contributed by atoms with van der Waals surface area (Å²) < 4.78 is 0. The molecule has 1 amide bonds. The molecule has 1 heterocycles. The van der Waals surface area contributed by atoms with Gasteiger partial charge >= 0.3 is 5.97 Å². The van der Waals surface area contributed by atoms with Crippen molar-refractivity contribution in [3.05, 3.63) is 28.8 Å². The van der Waals surface area contributed by atoms with Crippen LogP contribution in [0.15, 0.2) is 18.2 Å². The highest BCUT2D eigenvalue weighted by molar-refractivity contribution is 6.34. The Bertz CT molecular complexity index is 514. The van der Waals surface area contributed by atoms with Crippen LogP contribution in [0.1, 0.15) is 18.9 Å². The number of para-hydroxylation sites is 1. The van der Waals surface area contributed by atoms with E-state index < -0.39 is 11.4 Å². The van der Waals surface area contributed by atoms with Crippen LogP contribution in [-0.2, 0) is 15.0 Å². The van der Waals surface area contributed by atoms with Crippen LogP contribution in [0.25, 0.3) is 0 Å². The Hall–Kier alpha value is -1.55. The lowest BCUT2D eigenvalue weighted by atomic mass is 9.75. The van der Waals surface area contributed by atoms with E-state index in [1.807, 2.05) is 0 Å². The van der Waals surface area contributed by atoms with Crippen molar-refractivity contribution >= 4 is 29.2 Å². The Kier molecular flexibility index (Phi) is 2.62. The van der Waals surface area contributed by atoms with Gasteiger partial charge in [0, 0.05) is 13.5 Å². The second-order valence-corrected chi connectivity index (χ2v) is 4.81. The van der Waals surface area contributed by atoms with Crippen molar-refractivity contribution in [3.8, 4) is 0 Å². The van der Waals surface area contributed by atoms with Crippen LogP contribution in [0.2, 0.25) is 5.02 Å². The quantitative estimate of drug-likeness (QED) is 0.833. The molecule has 0 saturated carbocycles. The van der Waals surface area contributed by atoms with Crippen LogP contribution in [0.5, 0.6) is 0 Å². The second-order valence-electron chi connectivity index (χ2n) is 4.40. The van der Waals surface area contributed by atoms with Gasteiger partial charge in [-0.25, -0.2) is 0 Å². The molecule has 90 valence electrons. The Balaban J connectivity index is 2.74. The maximum atomic E-state index is 11.8. The van der Waals surface area contributed by atoms with Crippen molar-refractivity contribution in [2.45, 2.75) is 18.8 Å². The summed E-state index contributed by atoms with van der Waals surface area (Å²) in [5.41, 5.74) is -0.126. The van der Waals surface area contributed by atoms with Crippen molar-refractivity contribution in [1.82, 2.24) is 0 Å². The van der Waals surface area contributed by atoms with E-state index in [-0.39, 0.29) is 12.3 Å². The second kappa shape index (κ2) is 3.74. The number of carbonyl (C=O) groups is 2. The van der Waals surface area contributed by atoms with Crippen LogP contribution in [0.4, 0.5) is 5.69 Å². The topological polar surface area (TPSA) is 57.6 Å². The zero-order valence-corrected chi connectivity index (χ0v) is 10.3. The molecule has 0 bridgehead atoms. The highest BCUT2D eigenvalue weighted by Gasteiger charge is 2.45. The fraction of sp³-hybridized carbons (Fsp3) is 0.333. The average Bonchev–Trinajstić information content (AvgIpc) is 2.25. The third kappa shape index (κ3) is 1.60. The van der Waals surface area contributed by atoms with Crippen LogP contribution in [0, 0.1) is 0 Å². The summed E-state index contributed by atoms with van der Waals surface area (Å²) in [5.74, 6) is -1.25. The normalized spacial score (nSPS) is 23.5. The van der Waals surface area contributed by atoms with E-state index >= 15 is 0 Å². The van der Waals surface area contributed by atoms with E-state index in [0.29, 0.717) is 16.3 Å². The minimum absolute atomic E-state index is 0.0494. The molecular weight excluding hydrogens is 242 g/mol. The molecular formula is C12H12ClNO3. The number of aliphatic carboxylic acids is 1. The molecule has 0 unspecified atom stereocenters. The SMILES string of the molecule is CN1C(=O)C[C@](C)(C(=O)O)c2cccc(Cl)c21. The summed E-state index contributed by atoms with van der Waals surface area (Å²) >= 11 is 6.05. The number of halogens is 1. The molecule has 1 N–H and O–H groups in total. The van der Waals surface area contributed by atoms with E-state index in [0.717, 1.165) is 0 Å². The summed E-state index contributed by atoms with van der Waals surface area (Å²) in [4.78, 5) is 24.6. The van der Waals surface area contributed by atoms with Gasteiger partial charge in [-0.3, -0.25) is 9.59 Å². The van der Waals surface area contributed by atoms with E-state index in [1.54, 1.807) is 32.2 Å². The van der Waals surface area contributed by atoms with Gasteiger partial charge < -0.3 is 10.0 Å². The number of nitrogens with zero attached hydrogens (tertiary/aromatic N) is 1. The fourth-order valence-electron chi connectivity index (χ4n) is 2.13. The Morgan fingerprint density at radius 2 is 2.18 bits per heavy atom. The van der Waals surface area contributed by atoms with Gasteiger partial charge in [0.2, 0.25) is 5.91 Å². The number of carboxylic acid groups (broad SMARTS) is 1. The predicted octanol–water partition coefficient (Wildman–Crippen LogP) is 2.05. The highest BCUT2D eigenvalue weighted by Crippen LogP contribution is 2.43. The number of hydrogen-bond donors (Lipinski definition) is 1. The number of carbonyl (C=O) groups excluding carboxylic acids is 1. The van der Waals surface area contributed by atoms with E-state index in [1.165, 1.54) is 4.90 Å². The van der Waals surface area contributed by atoms with Crippen molar-refractivity contribution < 1.29 is 14.7 Å². The third-order valence-electron chi connectivity index (χ3n) is 3.27. The first-order valence-corrected chi connectivity index (χ1v) is 5.54. The monoisotopic (exact) mass is 253 g/mol. The van der Waals surface area contributed by atoms with Crippen molar-refractivity contribution in [3.63, 3.8) is 0 Å². The molecule has 0 fully saturated rings. The molecule has 1 aliphatic heterocycles. The van der Waals surface area contributed by atoms with Crippen LogP contribution < -0.4 is 4.90 Å². The van der Waals surface area contributed by atoms with Gasteiger partial charge in [-0.05, 0) is 18.6 Å². The molecule has 1 aromatic rings. The molecule has 2 rings (SSSR count). The lowest BCUT2D eigenvalue weighted by Gasteiger charge is -2.36. The summed E-state index contributed by atoms with van der Waals surface area (Å²) in [6.07, 6.45) is -0.0494. The van der Waals surface area contributed by atoms with Crippen molar-refractivity contribution in [1.29, 1.82) is 0 Å². The van der Waals surface area contributed by atoms with E-state index in [4.69, 9.17) is 11.6 Å². The molecule has 0 radical (unpaired) electrons. The number of amides is 1. The van der Waals surface area contributed by atoms with Gasteiger partial charge in [-0.1, -0.05) is 23.7 Å². The minimum atomic E-state index is -1.20. The minimum Gasteiger partial charge on any atom is -0.481 e. The lowest BCUT2D eigenvalue weighted by molar-refractivity contribution is -0.145. The van der Waals surface area contributed by atoms with Crippen LogP contribution in [-0.4, -0.2) is 24.0 Å². The first-order valence-electron chi connectivity index (χ1n) is 5.17. The van der Waals surface area contributed by atoms with Gasteiger partial charge in [-0.15, -0.1) is 0 Å². The molecule has 17 heavy (non-hydrogen) atoms. The summed E-state index contributed by atoms with van der Waals surface area (Å²) in [5, 5.41) is 9.72. The highest BCUT2D eigenvalue weighted by atomic mass is 35.5. The van der Waals surface area contributed by atoms with Gasteiger partial charge in [0.15, 0.2) is 0 Å². The number of fused-ring (bicyclic) bond motifs is 1. The molecule has 1 aliphatic rings. The standard InChI is InChI=1S/C12H12ClNO3/c1-12(11(16)17)6-9(15)14(2)10-7(12)4-3-5-8(10)13/h3-5H,6H2,1-2H3,(H,16,17)/t12-/m0/s1. The van der Waals surface area contributed by atoms with Gasteiger partial charge in [-0.2, -0.15) is 0 Å². The van der Waals surface area contributed by atoms with Gasteiger partial charge in [0.05, 0.1) is 10.7 Å². The summed E-state index contributed by atoms with van der Waals surface area (Å²) in [6, 6.07) is 5.06.